The third-order valence-electron chi connectivity index (χ3n) is 5.47. The fourth-order valence-electron chi connectivity index (χ4n) is 3.84. The van der Waals surface area contributed by atoms with Crippen molar-refractivity contribution < 1.29 is 24.2 Å². The minimum absolute atomic E-state index is 0.0394. The Labute approximate surface area is 202 Å². The Morgan fingerprint density at radius 1 is 1.31 bits per heavy atom. The zero-order valence-corrected chi connectivity index (χ0v) is 21.1. The number of phenols is 1. The molecule has 0 aromatic heterocycles. The first kappa shape index (κ1) is 24.6. The molecule has 5 nitrogen and oxygen atoms in total. The Bertz CT molecular complexity index is 991. The molecule has 32 heavy (non-hydrogen) atoms. The lowest BCUT2D eigenvalue weighted by Gasteiger charge is -2.16. The number of esters is 1. The summed E-state index contributed by atoms with van der Waals surface area (Å²) < 4.78 is 12.4. The van der Waals surface area contributed by atoms with Crippen molar-refractivity contribution in [2.75, 3.05) is 12.4 Å². The van der Waals surface area contributed by atoms with E-state index in [1.807, 2.05) is 26.0 Å². The second-order valence-electron chi connectivity index (χ2n) is 8.08. The minimum Gasteiger partial charge on any atom is -0.507 e. The summed E-state index contributed by atoms with van der Waals surface area (Å²) in [5, 5.41) is 10.4. The Balaban J connectivity index is 1.53. The molecule has 3 rings (SSSR count). The van der Waals surface area contributed by atoms with Gasteiger partial charge in [0, 0.05) is 26.6 Å². The highest BCUT2D eigenvalue weighted by molar-refractivity contribution is 9.10. The summed E-state index contributed by atoms with van der Waals surface area (Å²) in [7, 11) is 0. The van der Waals surface area contributed by atoms with Gasteiger partial charge in [-0.05, 0) is 65.5 Å². The van der Waals surface area contributed by atoms with Gasteiger partial charge in [-0.15, -0.1) is 11.8 Å². The van der Waals surface area contributed by atoms with Crippen LogP contribution in [0, 0.1) is 5.92 Å². The smallest absolute Gasteiger partial charge is 0.306 e. The van der Waals surface area contributed by atoms with Gasteiger partial charge in [-0.25, -0.2) is 0 Å². The van der Waals surface area contributed by atoms with E-state index in [1.165, 1.54) is 6.92 Å². The van der Waals surface area contributed by atoms with Crippen LogP contribution in [0.2, 0.25) is 0 Å². The van der Waals surface area contributed by atoms with Gasteiger partial charge in [-0.3, -0.25) is 9.59 Å². The number of ketones is 1. The molecule has 1 saturated heterocycles. The van der Waals surface area contributed by atoms with E-state index < -0.39 is 0 Å². The molecule has 0 bridgehead atoms. The number of hydrogen-bond acceptors (Lipinski definition) is 6. The highest BCUT2D eigenvalue weighted by Gasteiger charge is 2.32. The topological polar surface area (TPSA) is 72.8 Å². The molecular formula is C25H29BrO5S. The van der Waals surface area contributed by atoms with Crippen molar-refractivity contribution in [1.82, 2.24) is 0 Å². The molecule has 0 saturated carbocycles. The number of benzene rings is 2. The van der Waals surface area contributed by atoms with E-state index in [2.05, 4.69) is 22.0 Å². The van der Waals surface area contributed by atoms with Gasteiger partial charge in [-0.2, -0.15) is 0 Å². The summed E-state index contributed by atoms with van der Waals surface area (Å²) in [5.74, 6) is 1.45. The van der Waals surface area contributed by atoms with Crippen LogP contribution in [0.25, 0.3) is 0 Å². The van der Waals surface area contributed by atoms with E-state index in [1.54, 1.807) is 23.9 Å². The van der Waals surface area contributed by atoms with Crippen LogP contribution in [-0.2, 0) is 16.0 Å². The van der Waals surface area contributed by atoms with Gasteiger partial charge in [0.15, 0.2) is 5.78 Å². The number of ether oxygens (including phenoxy) is 2. The van der Waals surface area contributed by atoms with E-state index in [0.717, 1.165) is 33.5 Å². The second-order valence-corrected chi connectivity index (χ2v) is 10.1. The number of halogens is 1. The molecule has 2 atom stereocenters. The molecule has 1 aliphatic heterocycles. The third-order valence-corrected chi connectivity index (χ3v) is 7.55. The number of hydrogen-bond donors (Lipinski definition) is 1. The van der Waals surface area contributed by atoms with E-state index >= 15 is 0 Å². The summed E-state index contributed by atoms with van der Waals surface area (Å²) in [5.41, 5.74) is 2.06. The number of phenolic OH excluding ortho intramolecular Hbond substituents is 1. The predicted octanol–water partition coefficient (Wildman–Crippen LogP) is 6.50. The molecule has 1 heterocycles. The fraction of sp³-hybridized carbons (Fsp3) is 0.440. The summed E-state index contributed by atoms with van der Waals surface area (Å²) in [6, 6.07) is 9.53. The molecule has 0 radical (unpaired) electrons. The van der Waals surface area contributed by atoms with Crippen LogP contribution in [0.5, 0.6) is 11.5 Å². The summed E-state index contributed by atoms with van der Waals surface area (Å²) in [6.45, 7) is 6.04. The standard InChI is InChI=1S/C25H29BrO5S/c1-4-6-19-21(9-8-18(16(3)27)24(19)29)30-11-5-12-32-22-10-7-17(14-20(22)26)25-15(2)13-23(28)31-25/h7-10,14-15,25,29H,4-6,11-13H2,1-3H3. The van der Waals surface area contributed by atoms with Gasteiger partial charge in [0.25, 0.3) is 0 Å². The maximum absolute atomic E-state index is 11.7. The van der Waals surface area contributed by atoms with Crippen molar-refractivity contribution in [3.63, 3.8) is 0 Å². The number of aromatic hydroxyl groups is 1. The largest absolute Gasteiger partial charge is 0.507 e. The van der Waals surface area contributed by atoms with Crippen molar-refractivity contribution in [2.24, 2.45) is 5.92 Å². The number of rotatable bonds is 10. The van der Waals surface area contributed by atoms with Gasteiger partial charge < -0.3 is 14.6 Å². The van der Waals surface area contributed by atoms with Crippen LogP contribution in [-0.4, -0.2) is 29.2 Å². The predicted molar refractivity (Wildman–Crippen MR) is 130 cm³/mol. The van der Waals surface area contributed by atoms with Crippen molar-refractivity contribution in [1.29, 1.82) is 0 Å². The number of thioether (sulfide) groups is 1. The lowest BCUT2D eigenvalue weighted by Crippen LogP contribution is -2.05. The van der Waals surface area contributed by atoms with Gasteiger partial charge in [0.1, 0.15) is 17.6 Å². The van der Waals surface area contributed by atoms with E-state index in [9.17, 15) is 14.7 Å². The van der Waals surface area contributed by atoms with Gasteiger partial charge in [-0.1, -0.05) is 26.3 Å². The molecular weight excluding hydrogens is 492 g/mol. The molecule has 2 unspecified atom stereocenters. The Morgan fingerprint density at radius 3 is 2.72 bits per heavy atom. The molecule has 0 aliphatic carbocycles. The second kappa shape index (κ2) is 11.2. The number of cyclic esters (lactones) is 1. The Hall–Kier alpha value is -1.99. The molecule has 2 aromatic carbocycles. The maximum Gasteiger partial charge on any atom is 0.306 e. The monoisotopic (exact) mass is 520 g/mol. The first-order chi connectivity index (χ1) is 15.3. The Morgan fingerprint density at radius 2 is 2.09 bits per heavy atom. The molecule has 1 aliphatic rings. The highest BCUT2D eigenvalue weighted by Crippen LogP contribution is 2.38. The lowest BCUT2D eigenvalue weighted by atomic mass is 9.97. The van der Waals surface area contributed by atoms with Crippen molar-refractivity contribution >= 4 is 39.4 Å². The zero-order chi connectivity index (χ0) is 23.3. The molecule has 1 N–H and O–H groups in total. The average molecular weight is 521 g/mol. The van der Waals surface area contributed by atoms with E-state index in [4.69, 9.17) is 9.47 Å². The average Bonchev–Trinajstić information content (AvgIpc) is 3.08. The minimum atomic E-state index is -0.172. The summed E-state index contributed by atoms with van der Waals surface area (Å²) in [4.78, 5) is 24.4. The van der Waals surface area contributed by atoms with Crippen LogP contribution < -0.4 is 4.74 Å². The van der Waals surface area contributed by atoms with Crippen LogP contribution >= 0.6 is 27.7 Å². The summed E-state index contributed by atoms with van der Waals surface area (Å²) >= 11 is 5.37. The maximum atomic E-state index is 11.7. The quantitative estimate of drug-likeness (QED) is 0.167. The molecule has 0 amide bonds. The van der Waals surface area contributed by atoms with Crippen molar-refractivity contribution in [3.8, 4) is 11.5 Å². The van der Waals surface area contributed by atoms with Gasteiger partial charge >= 0.3 is 5.97 Å². The number of carbonyl (C=O) groups is 2. The van der Waals surface area contributed by atoms with Gasteiger partial charge in [0.05, 0.1) is 18.6 Å². The molecule has 7 heteroatoms. The first-order valence-electron chi connectivity index (χ1n) is 10.9. The van der Waals surface area contributed by atoms with Crippen molar-refractivity contribution in [2.45, 2.75) is 57.5 Å². The lowest BCUT2D eigenvalue weighted by molar-refractivity contribution is -0.141. The number of carbonyl (C=O) groups excluding carboxylic acids is 2. The molecule has 2 aromatic rings. The first-order valence-corrected chi connectivity index (χ1v) is 12.7. The summed E-state index contributed by atoms with van der Waals surface area (Å²) in [6.07, 6.45) is 2.63. The van der Waals surface area contributed by atoms with Crippen LogP contribution in [0.3, 0.4) is 0 Å². The fourth-order valence-corrected chi connectivity index (χ4v) is 5.42. The van der Waals surface area contributed by atoms with Crippen LogP contribution in [0.1, 0.15) is 67.6 Å². The van der Waals surface area contributed by atoms with Crippen LogP contribution in [0.15, 0.2) is 39.7 Å². The molecule has 0 spiro atoms. The molecule has 1 fully saturated rings. The normalized spacial score (nSPS) is 17.9. The Kier molecular flexibility index (Phi) is 8.65. The molecule has 172 valence electrons. The van der Waals surface area contributed by atoms with Crippen LogP contribution in [0.4, 0.5) is 0 Å². The number of Topliss-reactive ketones (excluding diaryl/α,β-unsaturated/α-hetero) is 1. The van der Waals surface area contributed by atoms with E-state index in [0.29, 0.717) is 36.3 Å². The van der Waals surface area contributed by atoms with Gasteiger partial charge in [0.2, 0.25) is 0 Å². The third kappa shape index (κ3) is 5.87. The zero-order valence-electron chi connectivity index (χ0n) is 18.7. The van der Waals surface area contributed by atoms with Crippen molar-refractivity contribution in [3.05, 3.63) is 51.5 Å². The SMILES string of the molecule is CCCc1c(OCCCSc2ccc(C3OC(=O)CC3C)cc2Br)ccc(C(C)=O)c1O. The van der Waals surface area contributed by atoms with E-state index in [-0.39, 0.29) is 29.5 Å². The highest BCUT2D eigenvalue weighted by atomic mass is 79.9.